The molecule has 3 rings (SSSR count). The summed E-state index contributed by atoms with van der Waals surface area (Å²) in [5, 5.41) is 9.42. The number of aromatic amines is 1. The average molecular weight is 312 g/mol. The van der Waals surface area contributed by atoms with Crippen molar-refractivity contribution < 1.29 is 14.7 Å². The summed E-state index contributed by atoms with van der Waals surface area (Å²) < 4.78 is 0. The lowest BCUT2D eigenvalue weighted by atomic mass is 9.82. The maximum Gasteiger partial charge on any atom is 0.311 e. The number of hydrogen-bond donors (Lipinski definition) is 2. The first-order chi connectivity index (χ1) is 11.0. The number of H-pyrrole nitrogens is 1. The van der Waals surface area contributed by atoms with Gasteiger partial charge in [0.25, 0.3) is 5.91 Å². The number of aromatic nitrogens is 1. The van der Waals surface area contributed by atoms with Crippen LogP contribution in [0, 0.1) is 5.41 Å². The Hall–Kier alpha value is -2.56. The Morgan fingerprint density at radius 3 is 2.65 bits per heavy atom. The molecule has 1 fully saturated rings. The number of carbonyl (C=O) groups is 2. The quantitative estimate of drug-likeness (QED) is 0.915. The Kier molecular flexibility index (Phi) is 3.94. The number of carboxylic acids is 1. The van der Waals surface area contributed by atoms with Crippen molar-refractivity contribution in [3.05, 3.63) is 48.3 Å². The zero-order valence-corrected chi connectivity index (χ0v) is 13.1. The maximum atomic E-state index is 12.9. The van der Waals surface area contributed by atoms with Gasteiger partial charge in [-0.25, -0.2) is 0 Å². The minimum atomic E-state index is -0.864. The lowest BCUT2D eigenvalue weighted by Crippen LogP contribution is -2.48. The van der Waals surface area contributed by atoms with Gasteiger partial charge in [-0.1, -0.05) is 30.3 Å². The zero-order chi connectivity index (χ0) is 16.4. The fourth-order valence-corrected chi connectivity index (χ4v) is 3.16. The molecule has 1 saturated heterocycles. The summed E-state index contributed by atoms with van der Waals surface area (Å²) in [5.41, 5.74) is 1.54. The summed E-state index contributed by atoms with van der Waals surface area (Å²) in [6.45, 7) is 2.56. The van der Waals surface area contributed by atoms with E-state index in [1.54, 1.807) is 18.0 Å². The molecule has 1 aliphatic rings. The van der Waals surface area contributed by atoms with E-state index in [0.29, 0.717) is 24.9 Å². The van der Waals surface area contributed by atoms with E-state index < -0.39 is 11.4 Å². The molecule has 1 aliphatic heterocycles. The fourth-order valence-electron chi connectivity index (χ4n) is 3.16. The van der Waals surface area contributed by atoms with Crippen LogP contribution in [-0.4, -0.2) is 40.0 Å². The van der Waals surface area contributed by atoms with Crippen LogP contribution in [0.1, 0.15) is 30.1 Å². The Morgan fingerprint density at radius 2 is 1.96 bits per heavy atom. The summed E-state index contributed by atoms with van der Waals surface area (Å²) in [7, 11) is 0. The molecule has 0 spiro atoms. The molecule has 5 heteroatoms. The Balaban J connectivity index is 1.87. The minimum Gasteiger partial charge on any atom is -0.481 e. The average Bonchev–Trinajstić information content (AvgIpc) is 3.04. The van der Waals surface area contributed by atoms with Crippen LogP contribution < -0.4 is 0 Å². The van der Waals surface area contributed by atoms with Gasteiger partial charge in [-0.3, -0.25) is 9.59 Å². The molecule has 0 radical (unpaired) electrons. The number of carbonyl (C=O) groups excluding carboxylic acids is 1. The molecule has 0 aliphatic carbocycles. The largest absolute Gasteiger partial charge is 0.481 e. The van der Waals surface area contributed by atoms with Crippen LogP contribution in [0.4, 0.5) is 0 Å². The van der Waals surface area contributed by atoms with Crippen LogP contribution in [0.25, 0.3) is 11.1 Å². The molecular weight excluding hydrogens is 292 g/mol. The highest BCUT2D eigenvalue weighted by atomic mass is 16.4. The Bertz CT molecular complexity index is 723. The third kappa shape index (κ3) is 2.86. The van der Waals surface area contributed by atoms with E-state index >= 15 is 0 Å². The van der Waals surface area contributed by atoms with Crippen molar-refractivity contribution in [3.8, 4) is 11.1 Å². The number of rotatable bonds is 3. The fraction of sp³-hybridized carbons (Fsp3) is 0.333. The second kappa shape index (κ2) is 5.91. The van der Waals surface area contributed by atoms with E-state index in [1.165, 1.54) is 0 Å². The van der Waals surface area contributed by atoms with Crippen LogP contribution in [-0.2, 0) is 4.79 Å². The molecule has 1 atom stereocenters. The molecule has 120 valence electrons. The number of carboxylic acid groups (broad SMARTS) is 1. The van der Waals surface area contributed by atoms with Gasteiger partial charge in [0.2, 0.25) is 0 Å². The first kappa shape index (κ1) is 15.3. The molecular formula is C18H20N2O3. The molecule has 23 heavy (non-hydrogen) atoms. The molecule has 2 aromatic rings. The van der Waals surface area contributed by atoms with Gasteiger partial charge in [-0.15, -0.1) is 0 Å². The van der Waals surface area contributed by atoms with Crippen LogP contribution in [0.3, 0.4) is 0 Å². The van der Waals surface area contributed by atoms with Crippen LogP contribution in [0.15, 0.2) is 42.7 Å². The molecule has 0 bridgehead atoms. The van der Waals surface area contributed by atoms with Gasteiger partial charge in [0.15, 0.2) is 0 Å². The van der Waals surface area contributed by atoms with Gasteiger partial charge in [-0.05, 0) is 25.3 Å². The summed E-state index contributed by atoms with van der Waals surface area (Å²) in [6.07, 6.45) is 4.81. The van der Waals surface area contributed by atoms with E-state index in [-0.39, 0.29) is 12.5 Å². The van der Waals surface area contributed by atoms with Gasteiger partial charge in [0, 0.05) is 31.0 Å². The number of nitrogens with one attached hydrogen (secondary N) is 1. The van der Waals surface area contributed by atoms with E-state index in [1.807, 2.05) is 36.5 Å². The van der Waals surface area contributed by atoms with Gasteiger partial charge in [0.05, 0.1) is 11.0 Å². The molecule has 2 heterocycles. The molecule has 1 amide bonds. The molecule has 5 nitrogen and oxygen atoms in total. The van der Waals surface area contributed by atoms with E-state index in [9.17, 15) is 14.7 Å². The Labute approximate surface area is 134 Å². The number of likely N-dealkylation sites (tertiary alicyclic amines) is 1. The highest BCUT2D eigenvalue weighted by molar-refractivity contribution is 6.01. The second-order valence-electron chi connectivity index (χ2n) is 6.34. The van der Waals surface area contributed by atoms with Crippen molar-refractivity contribution in [2.24, 2.45) is 5.41 Å². The highest BCUT2D eigenvalue weighted by Crippen LogP contribution is 2.32. The lowest BCUT2D eigenvalue weighted by molar-refractivity contribution is -0.150. The van der Waals surface area contributed by atoms with Crippen LogP contribution in [0.5, 0.6) is 0 Å². The summed E-state index contributed by atoms with van der Waals surface area (Å²) >= 11 is 0. The van der Waals surface area contributed by atoms with Gasteiger partial charge in [-0.2, -0.15) is 0 Å². The smallest absolute Gasteiger partial charge is 0.311 e. The van der Waals surface area contributed by atoms with E-state index in [4.69, 9.17) is 0 Å². The summed E-state index contributed by atoms with van der Waals surface area (Å²) in [4.78, 5) is 29.0. The monoisotopic (exact) mass is 312 g/mol. The standard InChI is InChI=1S/C18H20N2O3/c1-18(17(22)23)8-5-9-20(12-18)16(21)15-11-19-10-14(15)13-6-3-2-4-7-13/h2-4,6-7,10-11,19H,5,8-9,12H2,1H3,(H,22,23). The number of benzene rings is 1. The van der Waals surface area contributed by atoms with Crippen LogP contribution in [0.2, 0.25) is 0 Å². The molecule has 0 saturated carbocycles. The van der Waals surface area contributed by atoms with Gasteiger partial charge >= 0.3 is 5.97 Å². The summed E-state index contributed by atoms with van der Waals surface area (Å²) in [5.74, 6) is -0.954. The van der Waals surface area contributed by atoms with Gasteiger partial charge < -0.3 is 15.0 Å². The third-order valence-electron chi connectivity index (χ3n) is 4.56. The normalized spacial score (nSPS) is 21.2. The van der Waals surface area contributed by atoms with Crippen molar-refractivity contribution in [1.29, 1.82) is 0 Å². The molecule has 1 aromatic heterocycles. The number of amides is 1. The SMILES string of the molecule is CC1(C(=O)O)CCCN(C(=O)c2c[nH]cc2-c2ccccc2)C1. The van der Waals surface area contributed by atoms with Crippen LogP contribution >= 0.6 is 0 Å². The number of aliphatic carboxylic acids is 1. The minimum absolute atomic E-state index is 0.114. The van der Waals surface area contributed by atoms with Crippen molar-refractivity contribution in [3.63, 3.8) is 0 Å². The third-order valence-corrected chi connectivity index (χ3v) is 4.56. The van der Waals surface area contributed by atoms with E-state index in [2.05, 4.69) is 4.98 Å². The molecule has 2 N–H and O–H groups in total. The number of piperidine rings is 1. The maximum absolute atomic E-state index is 12.9. The number of hydrogen-bond acceptors (Lipinski definition) is 2. The van der Waals surface area contributed by atoms with Crippen molar-refractivity contribution in [2.45, 2.75) is 19.8 Å². The molecule has 1 aromatic carbocycles. The lowest BCUT2D eigenvalue weighted by Gasteiger charge is -2.37. The Morgan fingerprint density at radius 1 is 1.22 bits per heavy atom. The predicted molar refractivity (Wildman–Crippen MR) is 87.1 cm³/mol. The van der Waals surface area contributed by atoms with Gasteiger partial charge in [0.1, 0.15) is 0 Å². The highest BCUT2D eigenvalue weighted by Gasteiger charge is 2.39. The predicted octanol–water partition coefficient (Wildman–Crippen LogP) is 3.01. The second-order valence-corrected chi connectivity index (χ2v) is 6.34. The first-order valence-corrected chi connectivity index (χ1v) is 7.76. The summed E-state index contributed by atoms with van der Waals surface area (Å²) in [6, 6.07) is 9.70. The van der Waals surface area contributed by atoms with Crippen molar-refractivity contribution in [2.75, 3.05) is 13.1 Å². The topological polar surface area (TPSA) is 73.4 Å². The van der Waals surface area contributed by atoms with Crippen molar-refractivity contribution in [1.82, 2.24) is 9.88 Å². The van der Waals surface area contributed by atoms with E-state index in [0.717, 1.165) is 11.1 Å². The molecule has 1 unspecified atom stereocenters. The first-order valence-electron chi connectivity index (χ1n) is 7.76. The van der Waals surface area contributed by atoms with Crippen molar-refractivity contribution >= 4 is 11.9 Å². The zero-order valence-electron chi connectivity index (χ0n) is 13.1. The number of nitrogens with zero attached hydrogens (tertiary/aromatic N) is 1.